The Balaban J connectivity index is 1.86. The number of hydrogen-bond donors (Lipinski definition) is 2. The van der Waals surface area contributed by atoms with Gasteiger partial charge < -0.3 is 14.3 Å². The second-order valence-electron chi connectivity index (χ2n) is 6.65. The molecule has 2 N–H and O–H groups in total. The fraction of sp³-hybridized carbons (Fsp3) is 0.500. The van der Waals surface area contributed by atoms with E-state index >= 15 is 0 Å². The molecule has 3 aromatic rings. The van der Waals surface area contributed by atoms with Crippen LogP contribution >= 0.6 is 0 Å². The topological polar surface area (TPSA) is 102 Å². The average Bonchev–Trinajstić information content (AvgIpc) is 3.17. The van der Waals surface area contributed by atoms with E-state index in [0.29, 0.717) is 27.9 Å². The Morgan fingerprint density at radius 2 is 2.30 bits per heavy atom. The molecular weight excluding hydrogens is 380 g/mol. The van der Waals surface area contributed by atoms with Crippen LogP contribution in [0.15, 0.2) is 18.5 Å². The third-order valence-corrected chi connectivity index (χ3v) is 5.40. The van der Waals surface area contributed by atoms with E-state index in [4.69, 9.17) is 4.74 Å². The first-order valence-electron chi connectivity index (χ1n) is 8.49. The van der Waals surface area contributed by atoms with Crippen molar-refractivity contribution in [1.82, 2.24) is 24.2 Å². The van der Waals surface area contributed by atoms with Gasteiger partial charge in [-0.1, -0.05) is 0 Å². The molecule has 1 aliphatic heterocycles. The summed E-state index contributed by atoms with van der Waals surface area (Å²) < 4.78 is 61.3. The van der Waals surface area contributed by atoms with E-state index in [1.54, 1.807) is 12.3 Å². The molecule has 0 amide bonds. The maximum Gasteiger partial charge on any atom is 0.272 e. The van der Waals surface area contributed by atoms with Gasteiger partial charge in [0.1, 0.15) is 23.0 Å². The highest BCUT2D eigenvalue weighted by Gasteiger charge is 2.45. The van der Waals surface area contributed by atoms with Gasteiger partial charge in [0.15, 0.2) is 0 Å². The number of alkyl halides is 2. The number of nitrogens with one attached hydrogen (secondary N) is 2. The first kappa shape index (κ1) is 18.3. The zero-order valence-electron chi connectivity index (χ0n) is 14.6. The Labute approximate surface area is 154 Å². The summed E-state index contributed by atoms with van der Waals surface area (Å²) in [7, 11) is -3.39. The van der Waals surface area contributed by atoms with Crippen LogP contribution < -0.4 is 4.72 Å². The molecule has 1 saturated heterocycles. The van der Waals surface area contributed by atoms with E-state index in [1.165, 1.54) is 10.8 Å². The van der Waals surface area contributed by atoms with Crippen LogP contribution in [-0.4, -0.2) is 59.9 Å². The van der Waals surface area contributed by atoms with Gasteiger partial charge in [0, 0.05) is 31.0 Å². The monoisotopic (exact) mass is 399 g/mol. The molecule has 0 saturated carbocycles. The first-order chi connectivity index (χ1) is 12.8. The number of pyridine rings is 1. The van der Waals surface area contributed by atoms with Crippen LogP contribution in [0.2, 0.25) is 0 Å². The van der Waals surface area contributed by atoms with E-state index in [1.807, 2.05) is 0 Å². The van der Waals surface area contributed by atoms with E-state index in [0.717, 1.165) is 6.26 Å². The molecule has 0 aromatic carbocycles. The summed E-state index contributed by atoms with van der Waals surface area (Å²) in [5, 5.41) is 0.684. The summed E-state index contributed by atoms with van der Waals surface area (Å²) in [4.78, 5) is 11.7. The third-order valence-electron chi connectivity index (χ3n) is 4.67. The lowest BCUT2D eigenvalue weighted by Crippen LogP contribution is -2.40. The number of rotatable bonds is 5. The van der Waals surface area contributed by atoms with Crippen molar-refractivity contribution < 1.29 is 21.9 Å². The molecule has 4 rings (SSSR count). The summed E-state index contributed by atoms with van der Waals surface area (Å²) in [6.45, 7) is -0.0770. The summed E-state index contributed by atoms with van der Waals surface area (Å²) in [6.07, 6.45) is 4.06. The fourth-order valence-corrected chi connectivity index (χ4v) is 3.93. The van der Waals surface area contributed by atoms with E-state index in [9.17, 15) is 17.2 Å². The van der Waals surface area contributed by atoms with Gasteiger partial charge in [0.2, 0.25) is 10.0 Å². The Morgan fingerprint density at radius 1 is 1.48 bits per heavy atom. The molecule has 146 valence electrons. The molecule has 1 aliphatic rings. The number of halogens is 2. The van der Waals surface area contributed by atoms with Gasteiger partial charge in [-0.15, -0.1) is 0 Å². The highest BCUT2D eigenvalue weighted by molar-refractivity contribution is 7.88. The number of ether oxygens (including phenoxy) is 1. The number of imidazole rings is 1. The molecule has 0 aliphatic carbocycles. The van der Waals surface area contributed by atoms with Crippen molar-refractivity contribution >= 4 is 32.1 Å². The quantitative estimate of drug-likeness (QED) is 0.679. The van der Waals surface area contributed by atoms with Crippen LogP contribution in [0, 0.1) is 0 Å². The van der Waals surface area contributed by atoms with Gasteiger partial charge in [0.05, 0.1) is 31.2 Å². The zero-order valence-corrected chi connectivity index (χ0v) is 15.4. The third kappa shape index (κ3) is 3.42. The molecule has 0 spiro atoms. The Kier molecular flexibility index (Phi) is 4.40. The fourth-order valence-electron chi connectivity index (χ4n) is 3.46. The van der Waals surface area contributed by atoms with Gasteiger partial charge in [-0.2, -0.15) is 0 Å². The molecule has 3 aromatic heterocycles. The number of aromatic amines is 1. The minimum Gasteiger partial charge on any atom is -0.379 e. The lowest BCUT2D eigenvalue weighted by atomic mass is 10.0. The van der Waals surface area contributed by atoms with Crippen molar-refractivity contribution in [2.24, 2.45) is 0 Å². The highest BCUT2D eigenvalue weighted by Crippen LogP contribution is 2.39. The molecular formula is C16H19F2N5O3S. The van der Waals surface area contributed by atoms with Gasteiger partial charge >= 0.3 is 0 Å². The van der Waals surface area contributed by atoms with Crippen molar-refractivity contribution in [3.63, 3.8) is 0 Å². The van der Waals surface area contributed by atoms with Crippen LogP contribution in [0.1, 0.15) is 18.3 Å². The van der Waals surface area contributed by atoms with Gasteiger partial charge in [0.25, 0.3) is 5.92 Å². The Bertz CT molecular complexity index is 1090. The molecule has 27 heavy (non-hydrogen) atoms. The summed E-state index contributed by atoms with van der Waals surface area (Å²) >= 11 is 0. The maximum absolute atomic E-state index is 14.7. The molecule has 4 heterocycles. The number of aromatic nitrogens is 4. The van der Waals surface area contributed by atoms with Gasteiger partial charge in [-0.25, -0.2) is 31.9 Å². The highest BCUT2D eigenvalue weighted by atomic mass is 32.2. The minimum absolute atomic E-state index is 0.00220. The number of sulfonamides is 1. The van der Waals surface area contributed by atoms with Crippen LogP contribution in [0.4, 0.5) is 8.78 Å². The van der Waals surface area contributed by atoms with Crippen LogP contribution in [-0.2, 0) is 21.2 Å². The molecule has 1 unspecified atom stereocenters. The molecule has 1 fully saturated rings. The van der Waals surface area contributed by atoms with Crippen LogP contribution in [0.5, 0.6) is 0 Å². The smallest absolute Gasteiger partial charge is 0.272 e. The summed E-state index contributed by atoms with van der Waals surface area (Å²) in [5.41, 5.74) is 1.60. The number of nitrogens with zero attached hydrogens (tertiary/aromatic N) is 3. The second-order valence-corrected chi connectivity index (χ2v) is 8.48. The standard InChI is InChI=1S/C16H19F2N5O3S/c1-27(24,25)21-6-3-13-22-11-8-20-15-10(2-5-19-15)14(11)23(13)12-9-26-7-4-16(12,17)18/h2,5,8,12,21H,3-4,6-7,9H2,1H3,(H,19,20). The van der Waals surface area contributed by atoms with Gasteiger partial charge in [-0.05, 0) is 6.07 Å². The normalized spacial score (nSPS) is 20.5. The SMILES string of the molecule is CS(=O)(=O)NCCc1nc2cnc3[nH]ccc3c2n1C1COCCC1(F)F. The average molecular weight is 399 g/mol. The molecule has 0 radical (unpaired) electrons. The molecule has 0 bridgehead atoms. The maximum atomic E-state index is 14.7. The van der Waals surface area contributed by atoms with E-state index in [2.05, 4.69) is 19.7 Å². The lowest BCUT2D eigenvalue weighted by Gasteiger charge is -2.33. The van der Waals surface area contributed by atoms with E-state index in [-0.39, 0.29) is 32.6 Å². The number of H-pyrrole nitrogens is 1. The summed E-state index contributed by atoms with van der Waals surface area (Å²) in [5.74, 6) is -2.59. The lowest BCUT2D eigenvalue weighted by molar-refractivity contribution is -0.132. The first-order valence-corrected chi connectivity index (χ1v) is 10.4. The molecule has 1 atom stereocenters. The number of fused-ring (bicyclic) bond motifs is 3. The Hall–Kier alpha value is -2.11. The molecule has 8 nitrogen and oxygen atoms in total. The van der Waals surface area contributed by atoms with Gasteiger partial charge in [-0.3, -0.25) is 0 Å². The van der Waals surface area contributed by atoms with Crippen molar-refractivity contribution in [2.75, 3.05) is 26.0 Å². The number of hydrogen-bond acceptors (Lipinski definition) is 5. The minimum atomic E-state index is -3.39. The largest absolute Gasteiger partial charge is 0.379 e. The van der Waals surface area contributed by atoms with Crippen LogP contribution in [0.3, 0.4) is 0 Å². The molecule has 11 heteroatoms. The zero-order chi connectivity index (χ0) is 19.2. The van der Waals surface area contributed by atoms with Crippen molar-refractivity contribution in [1.29, 1.82) is 0 Å². The predicted molar refractivity (Wildman–Crippen MR) is 95.4 cm³/mol. The van der Waals surface area contributed by atoms with Crippen molar-refractivity contribution in [2.45, 2.75) is 24.8 Å². The van der Waals surface area contributed by atoms with Crippen molar-refractivity contribution in [3.05, 3.63) is 24.3 Å². The Morgan fingerprint density at radius 3 is 3.04 bits per heavy atom. The predicted octanol–water partition coefficient (Wildman–Crippen LogP) is 1.60. The second kappa shape index (κ2) is 6.50. The summed E-state index contributed by atoms with van der Waals surface area (Å²) in [6, 6.07) is 0.549. The van der Waals surface area contributed by atoms with E-state index < -0.39 is 22.0 Å². The van der Waals surface area contributed by atoms with Crippen molar-refractivity contribution in [3.8, 4) is 0 Å². The van der Waals surface area contributed by atoms with Crippen LogP contribution in [0.25, 0.3) is 22.1 Å².